The molecule has 0 spiro atoms. The number of hydrogen-bond acceptors (Lipinski definition) is 3. The van der Waals surface area contributed by atoms with Crippen LogP contribution in [0.4, 0.5) is 0 Å². The van der Waals surface area contributed by atoms with Crippen molar-refractivity contribution < 1.29 is 12.6 Å². The predicted octanol–water partition coefficient (Wildman–Crippen LogP) is 3.88. The van der Waals surface area contributed by atoms with Crippen molar-refractivity contribution in [1.82, 2.24) is 0 Å². The average Bonchev–Trinajstić information content (AvgIpc) is 2.27. The Balaban J connectivity index is 5.08. The molecular weight excluding hydrogens is 236 g/mol. The molecule has 0 aliphatic rings. The van der Waals surface area contributed by atoms with Gasteiger partial charge in [-0.15, -0.1) is 0 Å². The fourth-order valence-corrected chi connectivity index (χ4v) is 4.43. The van der Waals surface area contributed by atoms with Gasteiger partial charge < -0.3 is 0 Å². The van der Waals surface area contributed by atoms with Crippen molar-refractivity contribution in [3.05, 3.63) is 0 Å². The second-order valence-electron chi connectivity index (χ2n) is 4.71. The Morgan fingerprint density at radius 1 is 0.824 bits per heavy atom. The van der Waals surface area contributed by atoms with Gasteiger partial charge in [-0.3, -0.25) is 4.18 Å². The van der Waals surface area contributed by atoms with Crippen LogP contribution in [-0.4, -0.2) is 19.8 Å². The molecule has 0 aliphatic heterocycles. The molecule has 17 heavy (non-hydrogen) atoms. The lowest BCUT2D eigenvalue weighted by Gasteiger charge is -2.32. The van der Waals surface area contributed by atoms with E-state index in [-0.39, 0.29) is 0 Å². The standard InChI is InChI=1S/C13H28O3S/c1-5-9-13(10-6-2,11-7-3)17(14,15)16-12-8-4/h5-12H2,1-4H3. The van der Waals surface area contributed by atoms with E-state index in [0.717, 1.165) is 25.7 Å². The summed E-state index contributed by atoms with van der Waals surface area (Å²) in [5, 5.41) is 0. The largest absolute Gasteiger partial charge is 0.273 e. The minimum Gasteiger partial charge on any atom is -0.270 e. The molecule has 0 radical (unpaired) electrons. The summed E-state index contributed by atoms with van der Waals surface area (Å²) in [6, 6.07) is 0. The Kier molecular flexibility index (Phi) is 8.05. The number of rotatable bonds is 10. The first kappa shape index (κ1) is 16.9. The highest BCUT2D eigenvalue weighted by Gasteiger charge is 2.42. The molecule has 0 atom stereocenters. The van der Waals surface area contributed by atoms with Crippen molar-refractivity contribution in [3.8, 4) is 0 Å². The highest BCUT2D eigenvalue weighted by Crippen LogP contribution is 2.35. The number of hydrogen-bond donors (Lipinski definition) is 0. The molecule has 4 heteroatoms. The van der Waals surface area contributed by atoms with Crippen molar-refractivity contribution in [3.63, 3.8) is 0 Å². The zero-order valence-electron chi connectivity index (χ0n) is 11.8. The van der Waals surface area contributed by atoms with Crippen LogP contribution < -0.4 is 0 Å². The van der Waals surface area contributed by atoms with Crippen LogP contribution in [0.25, 0.3) is 0 Å². The highest BCUT2D eigenvalue weighted by atomic mass is 32.2. The first-order valence-electron chi connectivity index (χ1n) is 6.88. The van der Waals surface area contributed by atoms with Gasteiger partial charge in [0.15, 0.2) is 0 Å². The smallest absolute Gasteiger partial charge is 0.270 e. The Labute approximate surface area is 107 Å². The first-order valence-corrected chi connectivity index (χ1v) is 8.29. The molecule has 0 N–H and O–H groups in total. The quantitative estimate of drug-likeness (QED) is 0.562. The van der Waals surface area contributed by atoms with E-state index in [1.54, 1.807) is 0 Å². The van der Waals surface area contributed by atoms with Crippen molar-refractivity contribution in [1.29, 1.82) is 0 Å². The Bertz CT molecular complexity index is 266. The van der Waals surface area contributed by atoms with Gasteiger partial charge in [0.2, 0.25) is 0 Å². The maximum Gasteiger partial charge on any atom is 0.273 e. The molecule has 0 heterocycles. The lowest BCUT2D eigenvalue weighted by atomic mass is 9.92. The lowest BCUT2D eigenvalue weighted by Crippen LogP contribution is -2.40. The van der Waals surface area contributed by atoms with E-state index in [1.807, 2.05) is 27.7 Å². The summed E-state index contributed by atoms with van der Waals surface area (Å²) in [5.41, 5.74) is 0. The molecule has 0 saturated carbocycles. The van der Waals surface area contributed by atoms with Crippen LogP contribution in [0.15, 0.2) is 0 Å². The average molecular weight is 264 g/mol. The van der Waals surface area contributed by atoms with Crippen LogP contribution in [0.1, 0.15) is 72.6 Å². The zero-order chi connectivity index (χ0) is 13.4. The van der Waals surface area contributed by atoms with E-state index in [4.69, 9.17) is 4.18 Å². The van der Waals surface area contributed by atoms with Gasteiger partial charge in [-0.05, 0) is 25.7 Å². The van der Waals surface area contributed by atoms with Crippen molar-refractivity contribution in [2.75, 3.05) is 6.61 Å². The van der Waals surface area contributed by atoms with Crippen LogP contribution in [-0.2, 0) is 14.3 Å². The summed E-state index contributed by atoms with van der Waals surface area (Å²) in [6.07, 6.45) is 5.51. The van der Waals surface area contributed by atoms with E-state index < -0.39 is 14.9 Å². The van der Waals surface area contributed by atoms with Gasteiger partial charge in [0.25, 0.3) is 10.1 Å². The molecule has 0 aromatic rings. The molecule has 0 rings (SSSR count). The van der Waals surface area contributed by atoms with Gasteiger partial charge in [0.1, 0.15) is 0 Å². The van der Waals surface area contributed by atoms with Gasteiger partial charge in [-0.25, -0.2) is 0 Å². The molecule has 0 aliphatic carbocycles. The molecule has 104 valence electrons. The van der Waals surface area contributed by atoms with Gasteiger partial charge in [-0.1, -0.05) is 47.0 Å². The van der Waals surface area contributed by atoms with Crippen molar-refractivity contribution in [2.45, 2.75) is 77.4 Å². The normalized spacial score (nSPS) is 12.9. The van der Waals surface area contributed by atoms with Gasteiger partial charge >= 0.3 is 0 Å². The van der Waals surface area contributed by atoms with Crippen LogP contribution >= 0.6 is 0 Å². The van der Waals surface area contributed by atoms with Crippen LogP contribution in [0.3, 0.4) is 0 Å². The third-order valence-corrected chi connectivity index (χ3v) is 5.24. The van der Waals surface area contributed by atoms with E-state index in [0.29, 0.717) is 25.9 Å². The minimum absolute atomic E-state index is 0.307. The fraction of sp³-hybridized carbons (Fsp3) is 1.00. The Hall–Kier alpha value is -0.0900. The van der Waals surface area contributed by atoms with E-state index in [1.165, 1.54) is 0 Å². The summed E-state index contributed by atoms with van der Waals surface area (Å²) in [7, 11) is -3.43. The van der Waals surface area contributed by atoms with Crippen molar-refractivity contribution in [2.24, 2.45) is 0 Å². The van der Waals surface area contributed by atoms with Crippen LogP contribution in [0.5, 0.6) is 0 Å². The fourth-order valence-electron chi connectivity index (χ4n) is 2.43. The summed E-state index contributed by atoms with van der Waals surface area (Å²) in [4.78, 5) is 0. The predicted molar refractivity (Wildman–Crippen MR) is 72.6 cm³/mol. The SMILES string of the molecule is CCCOS(=O)(=O)C(CCC)(CCC)CCC. The highest BCUT2D eigenvalue weighted by molar-refractivity contribution is 7.88. The van der Waals surface area contributed by atoms with Crippen molar-refractivity contribution >= 4 is 10.1 Å². The molecule has 0 aromatic carbocycles. The summed E-state index contributed by atoms with van der Waals surface area (Å²) in [5.74, 6) is 0. The topological polar surface area (TPSA) is 43.4 Å². The monoisotopic (exact) mass is 264 g/mol. The third kappa shape index (κ3) is 4.59. The maximum atomic E-state index is 12.4. The summed E-state index contributed by atoms with van der Waals surface area (Å²) < 4.78 is 29.2. The Morgan fingerprint density at radius 2 is 1.24 bits per heavy atom. The second kappa shape index (κ2) is 8.09. The summed E-state index contributed by atoms with van der Waals surface area (Å²) in [6.45, 7) is 8.35. The maximum absolute atomic E-state index is 12.4. The summed E-state index contributed by atoms with van der Waals surface area (Å²) >= 11 is 0. The second-order valence-corrected chi connectivity index (χ2v) is 6.72. The van der Waals surface area contributed by atoms with Gasteiger partial charge in [0, 0.05) is 0 Å². The molecular formula is C13H28O3S. The minimum atomic E-state index is -3.43. The molecule has 3 nitrogen and oxygen atoms in total. The van der Waals surface area contributed by atoms with Gasteiger partial charge in [-0.2, -0.15) is 8.42 Å². The van der Waals surface area contributed by atoms with E-state index >= 15 is 0 Å². The lowest BCUT2D eigenvalue weighted by molar-refractivity contribution is 0.280. The molecule has 0 amide bonds. The molecule has 0 unspecified atom stereocenters. The van der Waals surface area contributed by atoms with E-state index in [9.17, 15) is 8.42 Å². The molecule has 0 saturated heterocycles. The van der Waals surface area contributed by atoms with Gasteiger partial charge in [0.05, 0.1) is 11.4 Å². The van der Waals surface area contributed by atoms with Crippen LogP contribution in [0, 0.1) is 0 Å². The van der Waals surface area contributed by atoms with Crippen LogP contribution in [0.2, 0.25) is 0 Å². The third-order valence-electron chi connectivity index (χ3n) is 3.09. The Morgan fingerprint density at radius 3 is 1.53 bits per heavy atom. The molecule has 0 aromatic heterocycles. The van der Waals surface area contributed by atoms with E-state index in [2.05, 4.69) is 0 Å². The zero-order valence-corrected chi connectivity index (χ0v) is 12.6. The molecule has 0 bridgehead atoms. The molecule has 0 fully saturated rings. The first-order chi connectivity index (χ1) is 7.99.